The van der Waals surface area contributed by atoms with Crippen molar-refractivity contribution in [2.45, 2.75) is 25.0 Å². The lowest BCUT2D eigenvalue weighted by Crippen LogP contribution is -2.37. The van der Waals surface area contributed by atoms with E-state index in [-0.39, 0.29) is 24.5 Å². The number of carboxylic acid groups (broad SMARTS) is 1. The fraction of sp³-hybridized carbons (Fsp3) is 0.462. The molecule has 2 unspecified atom stereocenters. The van der Waals surface area contributed by atoms with Crippen molar-refractivity contribution < 1.29 is 19.4 Å². The molecule has 6 nitrogen and oxygen atoms in total. The Balaban J connectivity index is 2.17. The number of likely N-dealkylation sites (tertiary alicyclic amines) is 1. The van der Waals surface area contributed by atoms with Crippen LogP contribution in [0.4, 0.5) is 0 Å². The molecule has 0 saturated carbocycles. The van der Waals surface area contributed by atoms with Crippen LogP contribution in [0.5, 0.6) is 0 Å². The van der Waals surface area contributed by atoms with Crippen molar-refractivity contribution in [1.82, 2.24) is 9.88 Å². The van der Waals surface area contributed by atoms with E-state index in [0.29, 0.717) is 18.7 Å². The maximum atomic E-state index is 12.4. The minimum Gasteiger partial charge on any atom is -0.481 e. The highest BCUT2D eigenvalue weighted by Crippen LogP contribution is 2.24. The summed E-state index contributed by atoms with van der Waals surface area (Å²) in [6.07, 6.45) is 1.87. The first-order valence-corrected chi connectivity index (χ1v) is 6.97. The SMILES string of the molecule is COC1CC(CC(=O)O)N(C(=O)c2ccc(Br)cn2)C1. The molecule has 0 spiro atoms. The summed E-state index contributed by atoms with van der Waals surface area (Å²) in [5.41, 5.74) is 0.306. The van der Waals surface area contributed by atoms with Gasteiger partial charge in [0.15, 0.2) is 0 Å². The molecular weight excluding hydrogens is 328 g/mol. The highest BCUT2D eigenvalue weighted by Gasteiger charge is 2.37. The monoisotopic (exact) mass is 342 g/mol. The van der Waals surface area contributed by atoms with Crippen LogP contribution >= 0.6 is 15.9 Å². The zero-order valence-corrected chi connectivity index (χ0v) is 12.5. The number of ether oxygens (including phenoxy) is 1. The maximum absolute atomic E-state index is 12.4. The minimum atomic E-state index is -0.923. The van der Waals surface area contributed by atoms with Crippen LogP contribution in [0.2, 0.25) is 0 Å². The summed E-state index contributed by atoms with van der Waals surface area (Å²) in [5, 5.41) is 8.94. The van der Waals surface area contributed by atoms with Crippen molar-refractivity contribution in [2.75, 3.05) is 13.7 Å². The molecule has 1 aliphatic rings. The fourth-order valence-corrected chi connectivity index (χ4v) is 2.57. The molecule has 0 aromatic carbocycles. The Morgan fingerprint density at radius 1 is 1.55 bits per heavy atom. The summed E-state index contributed by atoms with van der Waals surface area (Å²) in [6, 6.07) is 3.00. The van der Waals surface area contributed by atoms with Crippen LogP contribution in [0.1, 0.15) is 23.3 Å². The third-order valence-electron chi connectivity index (χ3n) is 3.33. The Hall–Kier alpha value is -1.47. The van der Waals surface area contributed by atoms with Gasteiger partial charge in [-0.2, -0.15) is 0 Å². The van der Waals surface area contributed by atoms with Crippen LogP contribution in [-0.2, 0) is 9.53 Å². The van der Waals surface area contributed by atoms with E-state index in [4.69, 9.17) is 9.84 Å². The highest BCUT2D eigenvalue weighted by molar-refractivity contribution is 9.10. The Morgan fingerprint density at radius 3 is 2.85 bits per heavy atom. The number of aromatic nitrogens is 1. The van der Waals surface area contributed by atoms with E-state index in [1.807, 2.05) is 0 Å². The van der Waals surface area contributed by atoms with Gasteiger partial charge < -0.3 is 14.7 Å². The molecule has 2 atom stereocenters. The smallest absolute Gasteiger partial charge is 0.305 e. The Labute approximate surface area is 124 Å². The molecule has 1 aliphatic heterocycles. The second kappa shape index (κ2) is 6.32. The van der Waals surface area contributed by atoms with E-state index in [0.717, 1.165) is 4.47 Å². The van der Waals surface area contributed by atoms with Crippen LogP contribution in [0.15, 0.2) is 22.8 Å². The molecule has 0 bridgehead atoms. The molecule has 1 aromatic rings. The molecule has 1 fully saturated rings. The van der Waals surface area contributed by atoms with Gasteiger partial charge in [0.1, 0.15) is 5.69 Å². The van der Waals surface area contributed by atoms with E-state index < -0.39 is 5.97 Å². The molecule has 2 rings (SSSR count). The first kappa shape index (κ1) is 14.9. The molecule has 108 valence electrons. The molecule has 20 heavy (non-hydrogen) atoms. The van der Waals surface area contributed by atoms with E-state index in [1.54, 1.807) is 30.3 Å². The molecule has 1 aromatic heterocycles. The van der Waals surface area contributed by atoms with Gasteiger partial charge in [0, 0.05) is 30.4 Å². The maximum Gasteiger partial charge on any atom is 0.305 e. The first-order valence-electron chi connectivity index (χ1n) is 6.18. The number of carbonyl (C=O) groups excluding carboxylic acids is 1. The normalized spacial score (nSPS) is 22.0. The number of pyridine rings is 1. The number of hydrogen-bond donors (Lipinski definition) is 1. The average Bonchev–Trinajstić information content (AvgIpc) is 2.81. The molecular formula is C13H15BrN2O4. The lowest BCUT2D eigenvalue weighted by Gasteiger charge is -2.22. The number of amides is 1. The number of carbonyl (C=O) groups is 2. The predicted molar refractivity (Wildman–Crippen MR) is 74.4 cm³/mol. The zero-order chi connectivity index (χ0) is 14.7. The highest BCUT2D eigenvalue weighted by atomic mass is 79.9. The summed E-state index contributed by atoms with van der Waals surface area (Å²) in [6.45, 7) is 0.394. The Morgan fingerprint density at radius 2 is 2.30 bits per heavy atom. The Bertz CT molecular complexity index is 506. The van der Waals surface area contributed by atoms with Crippen LogP contribution < -0.4 is 0 Å². The van der Waals surface area contributed by atoms with E-state index in [9.17, 15) is 9.59 Å². The third kappa shape index (κ3) is 3.34. The molecule has 0 aliphatic carbocycles. The first-order chi connectivity index (χ1) is 9.51. The topological polar surface area (TPSA) is 79.7 Å². The van der Waals surface area contributed by atoms with Crippen molar-refractivity contribution in [3.05, 3.63) is 28.5 Å². The van der Waals surface area contributed by atoms with E-state index in [2.05, 4.69) is 20.9 Å². The summed E-state index contributed by atoms with van der Waals surface area (Å²) in [7, 11) is 1.56. The molecule has 1 saturated heterocycles. The van der Waals surface area contributed by atoms with E-state index >= 15 is 0 Å². The largest absolute Gasteiger partial charge is 0.481 e. The van der Waals surface area contributed by atoms with Crippen LogP contribution in [-0.4, -0.2) is 52.7 Å². The predicted octanol–water partition coefficient (Wildman–Crippen LogP) is 1.55. The summed E-state index contributed by atoms with van der Waals surface area (Å²) >= 11 is 3.26. The van der Waals surface area contributed by atoms with Gasteiger partial charge in [0.05, 0.1) is 12.5 Å². The standard InChI is InChI=1S/C13H15BrN2O4/c1-20-10-4-9(5-12(17)18)16(7-10)13(19)11-3-2-8(14)6-15-11/h2-3,6,9-10H,4-5,7H2,1H3,(H,17,18). The minimum absolute atomic E-state index is 0.0812. The third-order valence-corrected chi connectivity index (χ3v) is 3.80. The molecule has 7 heteroatoms. The average molecular weight is 343 g/mol. The molecule has 1 N–H and O–H groups in total. The van der Waals surface area contributed by atoms with E-state index in [1.165, 1.54) is 0 Å². The van der Waals surface area contributed by atoms with Gasteiger partial charge in [0.25, 0.3) is 5.91 Å². The van der Waals surface area contributed by atoms with Gasteiger partial charge in [-0.15, -0.1) is 0 Å². The van der Waals surface area contributed by atoms with Crippen LogP contribution in [0, 0.1) is 0 Å². The number of methoxy groups -OCH3 is 1. The summed E-state index contributed by atoms with van der Waals surface area (Å²) in [5.74, 6) is -1.18. The number of aliphatic carboxylic acids is 1. The van der Waals surface area contributed by atoms with Gasteiger partial charge in [-0.1, -0.05) is 0 Å². The van der Waals surface area contributed by atoms with Crippen molar-refractivity contribution in [3.8, 4) is 0 Å². The molecule has 0 radical (unpaired) electrons. The fourth-order valence-electron chi connectivity index (χ4n) is 2.34. The number of nitrogens with zero attached hydrogens (tertiary/aromatic N) is 2. The van der Waals surface area contributed by atoms with Crippen LogP contribution in [0.25, 0.3) is 0 Å². The van der Waals surface area contributed by atoms with Crippen LogP contribution in [0.3, 0.4) is 0 Å². The second-order valence-electron chi connectivity index (χ2n) is 4.66. The molecule has 2 heterocycles. The van der Waals surface area contributed by atoms with Gasteiger partial charge in [-0.3, -0.25) is 9.59 Å². The van der Waals surface area contributed by atoms with Crippen molar-refractivity contribution in [3.63, 3.8) is 0 Å². The number of rotatable bonds is 4. The quantitative estimate of drug-likeness (QED) is 0.897. The molecule has 1 amide bonds. The number of carboxylic acids is 1. The summed E-state index contributed by atoms with van der Waals surface area (Å²) < 4.78 is 6.03. The lowest BCUT2D eigenvalue weighted by molar-refractivity contribution is -0.137. The number of hydrogen-bond acceptors (Lipinski definition) is 4. The van der Waals surface area contributed by atoms with Gasteiger partial charge in [-0.25, -0.2) is 4.98 Å². The summed E-state index contributed by atoms with van der Waals surface area (Å²) in [4.78, 5) is 28.9. The van der Waals surface area contributed by atoms with Crippen molar-refractivity contribution in [2.24, 2.45) is 0 Å². The van der Waals surface area contributed by atoms with Gasteiger partial charge >= 0.3 is 5.97 Å². The zero-order valence-electron chi connectivity index (χ0n) is 11.0. The number of halogens is 1. The van der Waals surface area contributed by atoms with Gasteiger partial charge in [0.2, 0.25) is 0 Å². The lowest BCUT2D eigenvalue weighted by atomic mass is 10.1. The second-order valence-corrected chi connectivity index (χ2v) is 5.58. The Kier molecular flexibility index (Phi) is 4.72. The van der Waals surface area contributed by atoms with Gasteiger partial charge in [-0.05, 0) is 34.5 Å². The van der Waals surface area contributed by atoms with Crippen molar-refractivity contribution >= 4 is 27.8 Å². The van der Waals surface area contributed by atoms with Crippen molar-refractivity contribution in [1.29, 1.82) is 0 Å².